The van der Waals surface area contributed by atoms with E-state index >= 15 is 0 Å². The predicted octanol–water partition coefficient (Wildman–Crippen LogP) is 2.35. The third-order valence-electron chi connectivity index (χ3n) is 1.96. The largest absolute Gasteiger partial charge is 0.440 e. The van der Waals surface area contributed by atoms with Crippen LogP contribution in [0.3, 0.4) is 0 Å². The molecule has 2 aromatic rings. The Balaban J connectivity index is 2.13. The lowest BCUT2D eigenvalue weighted by Crippen LogP contribution is -2.09. The maximum atomic E-state index is 5.65. The molecule has 0 bridgehead atoms. The van der Waals surface area contributed by atoms with E-state index in [0.717, 1.165) is 18.7 Å². The zero-order chi connectivity index (χ0) is 10.7. The van der Waals surface area contributed by atoms with Crippen molar-refractivity contribution in [3.63, 3.8) is 0 Å². The molecule has 0 saturated carbocycles. The number of rotatable bonds is 4. The van der Waals surface area contributed by atoms with E-state index in [1.807, 2.05) is 7.05 Å². The minimum Gasteiger partial charge on any atom is -0.440 e. The maximum Gasteiger partial charge on any atom is 0.263 e. The molecule has 0 aliphatic carbocycles. The summed E-state index contributed by atoms with van der Waals surface area (Å²) in [6, 6.07) is 3.39. The Bertz CT molecular complexity index is 436. The summed E-state index contributed by atoms with van der Waals surface area (Å²) >= 11 is 5.65. The highest BCUT2D eigenvalue weighted by Gasteiger charge is 2.10. The van der Waals surface area contributed by atoms with Crippen LogP contribution in [0.15, 0.2) is 27.2 Å². The van der Waals surface area contributed by atoms with Crippen molar-refractivity contribution in [2.24, 2.45) is 0 Å². The second-order valence-corrected chi connectivity index (χ2v) is 3.46. The summed E-state index contributed by atoms with van der Waals surface area (Å²) in [5.74, 6) is 1.84. The predicted molar refractivity (Wildman–Crippen MR) is 56.8 cm³/mol. The fraction of sp³-hybridized carbons (Fsp3) is 0.300. The number of hydrogen-bond donors (Lipinski definition) is 1. The molecule has 0 aliphatic heterocycles. The van der Waals surface area contributed by atoms with Crippen LogP contribution < -0.4 is 5.32 Å². The Labute approximate surface area is 92.2 Å². The van der Waals surface area contributed by atoms with Crippen molar-refractivity contribution in [1.29, 1.82) is 0 Å². The highest BCUT2D eigenvalue weighted by Crippen LogP contribution is 2.24. The number of halogens is 1. The fourth-order valence-corrected chi connectivity index (χ4v) is 1.36. The number of likely N-dealkylation sites (N-methyl/N-ethyl adjacent to an activating group) is 1. The van der Waals surface area contributed by atoms with Gasteiger partial charge in [-0.3, -0.25) is 0 Å². The van der Waals surface area contributed by atoms with Gasteiger partial charge in [-0.15, -0.1) is 0 Å². The van der Waals surface area contributed by atoms with Crippen molar-refractivity contribution >= 4 is 11.6 Å². The quantitative estimate of drug-likeness (QED) is 0.870. The molecule has 0 aromatic carbocycles. The minimum absolute atomic E-state index is 0.333. The topological polar surface area (TPSA) is 51.2 Å². The Kier molecular flexibility index (Phi) is 3.08. The van der Waals surface area contributed by atoms with E-state index in [2.05, 4.69) is 10.3 Å². The van der Waals surface area contributed by atoms with Crippen LogP contribution in [-0.2, 0) is 6.42 Å². The van der Waals surface area contributed by atoms with E-state index in [0.29, 0.717) is 16.9 Å². The van der Waals surface area contributed by atoms with Crippen molar-refractivity contribution in [3.05, 3.63) is 29.3 Å². The smallest absolute Gasteiger partial charge is 0.263 e. The summed E-state index contributed by atoms with van der Waals surface area (Å²) in [6.45, 7) is 0.855. The molecule has 2 heterocycles. The van der Waals surface area contributed by atoms with Gasteiger partial charge in [0.25, 0.3) is 5.89 Å². The highest BCUT2D eigenvalue weighted by atomic mass is 35.5. The molecule has 15 heavy (non-hydrogen) atoms. The maximum absolute atomic E-state index is 5.65. The van der Waals surface area contributed by atoms with Crippen LogP contribution in [-0.4, -0.2) is 18.6 Å². The summed E-state index contributed by atoms with van der Waals surface area (Å²) < 4.78 is 10.7. The van der Waals surface area contributed by atoms with Gasteiger partial charge in [0.05, 0.1) is 6.20 Å². The molecule has 1 N–H and O–H groups in total. The van der Waals surface area contributed by atoms with Gasteiger partial charge in [0.1, 0.15) is 5.76 Å². The van der Waals surface area contributed by atoms with Crippen LogP contribution >= 0.6 is 11.6 Å². The van der Waals surface area contributed by atoms with Crippen LogP contribution in [0.1, 0.15) is 5.76 Å². The zero-order valence-corrected chi connectivity index (χ0v) is 9.04. The van der Waals surface area contributed by atoms with E-state index in [9.17, 15) is 0 Å². The van der Waals surface area contributed by atoms with Crippen LogP contribution in [0, 0.1) is 0 Å². The van der Waals surface area contributed by atoms with E-state index in [1.54, 1.807) is 18.3 Å². The molecule has 5 heteroatoms. The van der Waals surface area contributed by atoms with E-state index < -0.39 is 0 Å². The molecule has 4 nitrogen and oxygen atoms in total. The molecular weight excluding hydrogens is 216 g/mol. The summed E-state index contributed by atoms with van der Waals surface area (Å²) in [5.41, 5.74) is 0. The lowest BCUT2D eigenvalue weighted by molar-refractivity contribution is 0.484. The first kappa shape index (κ1) is 10.3. The van der Waals surface area contributed by atoms with Crippen molar-refractivity contribution in [2.45, 2.75) is 6.42 Å². The van der Waals surface area contributed by atoms with Crippen molar-refractivity contribution in [2.75, 3.05) is 13.6 Å². The lowest BCUT2D eigenvalue weighted by atomic mass is 10.3. The Morgan fingerprint density at radius 3 is 2.93 bits per heavy atom. The van der Waals surface area contributed by atoms with Gasteiger partial charge in [-0.25, -0.2) is 4.98 Å². The van der Waals surface area contributed by atoms with Crippen LogP contribution in [0.4, 0.5) is 0 Å². The first-order valence-corrected chi connectivity index (χ1v) is 5.02. The van der Waals surface area contributed by atoms with Gasteiger partial charge in [0, 0.05) is 13.0 Å². The second-order valence-electron chi connectivity index (χ2n) is 3.09. The molecule has 0 radical (unpaired) electrons. The van der Waals surface area contributed by atoms with Crippen molar-refractivity contribution < 1.29 is 8.83 Å². The molecule has 0 unspecified atom stereocenters. The monoisotopic (exact) mass is 226 g/mol. The molecule has 2 rings (SSSR count). The van der Waals surface area contributed by atoms with Crippen LogP contribution in [0.25, 0.3) is 11.7 Å². The number of aromatic nitrogens is 1. The molecule has 0 atom stereocenters. The van der Waals surface area contributed by atoms with E-state index in [4.69, 9.17) is 20.4 Å². The summed E-state index contributed by atoms with van der Waals surface area (Å²) in [4.78, 5) is 4.11. The Hall–Kier alpha value is -1.26. The number of furan rings is 1. The molecule has 0 fully saturated rings. The summed E-state index contributed by atoms with van der Waals surface area (Å²) in [5, 5.41) is 3.37. The number of nitrogens with one attached hydrogen (secondary N) is 1. The molecule has 2 aromatic heterocycles. The third kappa shape index (κ3) is 2.40. The number of hydrogen-bond acceptors (Lipinski definition) is 4. The van der Waals surface area contributed by atoms with Crippen LogP contribution in [0.2, 0.25) is 5.22 Å². The Morgan fingerprint density at radius 1 is 1.40 bits per heavy atom. The van der Waals surface area contributed by atoms with E-state index in [1.165, 1.54) is 0 Å². The first-order chi connectivity index (χ1) is 7.29. The van der Waals surface area contributed by atoms with Gasteiger partial charge >= 0.3 is 0 Å². The average molecular weight is 227 g/mol. The lowest BCUT2D eigenvalue weighted by Gasteiger charge is -1.93. The van der Waals surface area contributed by atoms with Crippen molar-refractivity contribution in [1.82, 2.24) is 10.3 Å². The van der Waals surface area contributed by atoms with Crippen LogP contribution in [0.5, 0.6) is 0 Å². The first-order valence-electron chi connectivity index (χ1n) is 4.64. The van der Waals surface area contributed by atoms with Gasteiger partial charge < -0.3 is 14.2 Å². The van der Waals surface area contributed by atoms with E-state index in [-0.39, 0.29) is 0 Å². The standard InChI is InChI=1S/C10H11ClN2O2/c1-12-5-4-7-6-13-10(14-7)8-2-3-9(11)15-8/h2-3,6,12H,4-5H2,1H3. The molecular formula is C10H11ClN2O2. The molecule has 0 amide bonds. The number of nitrogens with zero attached hydrogens (tertiary/aromatic N) is 1. The summed E-state index contributed by atoms with van der Waals surface area (Å²) in [7, 11) is 1.89. The SMILES string of the molecule is CNCCc1cnc(-c2ccc(Cl)o2)o1. The average Bonchev–Trinajstić information content (AvgIpc) is 2.83. The molecule has 0 aliphatic rings. The number of oxazole rings is 1. The highest BCUT2D eigenvalue weighted by molar-refractivity contribution is 6.28. The molecule has 0 saturated heterocycles. The van der Waals surface area contributed by atoms with Gasteiger partial charge in [-0.2, -0.15) is 0 Å². The Morgan fingerprint density at radius 2 is 2.27 bits per heavy atom. The second kappa shape index (κ2) is 4.51. The summed E-state index contributed by atoms with van der Waals surface area (Å²) in [6.07, 6.45) is 2.50. The third-order valence-corrected chi connectivity index (χ3v) is 2.16. The van der Waals surface area contributed by atoms with Gasteiger partial charge in [0.15, 0.2) is 11.0 Å². The molecule has 0 spiro atoms. The fourth-order valence-electron chi connectivity index (χ4n) is 1.21. The zero-order valence-electron chi connectivity index (χ0n) is 8.29. The van der Waals surface area contributed by atoms with Gasteiger partial charge in [0.2, 0.25) is 0 Å². The van der Waals surface area contributed by atoms with Gasteiger partial charge in [-0.1, -0.05) is 0 Å². The molecule has 80 valence electrons. The van der Waals surface area contributed by atoms with Gasteiger partial charge in [-0.05, 0) is 30.8 Å². The van der Waals surface area contributed by atoms with Crippen molar-refractivity contribution in [3.8, 4) is 11.7 Å². The minimum atomic E-state index is 0.333. The normalized spacial score (nSPS) is 10.8.